The Hall–Kier alpha value is -2.31. The number of alkyl halides is 1. The number of methoxy groups -OCH3 is 1. The Morgan fingerprint density at radius 3 is 2.20 bits per heavy atom. The molecule has 0 aliphatic rings. The van der Waals surface area contributed by atoms with Gasteiger partial charge in [0.25, 0.3) is 0 Å². The average Bonchev–Trinajstić information content (AvgIpc) is 3.16. The first-order valence-corrected chi connectivity index (χ1v) is 11.3. The third kappa shape index (κ3) is 5.64. The molecule has 0 unspecified atom stereocenters. The molecule has 0 aliphatic heterocycles. The second-order valence-electron chi connectivity index (χ2n) is 5.71. The lowest BCUT2D eigenvalue weighted by Gasteiger charge is -2.12. The molecule has 3 rings (SSSR count). The van der Waals surface area contributed by atoms with E-state index in [1.165, 1.54) is 0 Å². The highest BCUT2D eigenvalue weighted by atomic mass is 79.9. The zero-order chi connectivity index (χ0) is 22.8. The van der Waals surface area contributed by atoms with Gasteiger partial charge in [-0.05, 0) is 48.9 Å². The van der Waals surface area contributed by atoms with E-state index in [9.17, 15) is 9.90 Å². The predicted octanol–water partition coefficient (Wildman–Crippen LogP) is 7.16. The Bertz CT molecular complexity index is 969. The second kappa shape index (κ2) is 12.4. The van der Waals surface area contributed by atoms with Crippen molar-refractivity contribution < 1.29 is 14.6 Å². The van der Waals surface area contributed by atoms with Crippen LogP contribution in [-0.2, 0) is 5.33 Å². The first kappa shape index (κ1) is 25.7. The van der Waals surface area contributed by atoms with E-state index in [-0.39, 0.29) is 5.69 Å². The van der Waals surface area contributed by atoms with E-state index < -0.39 is 5.97 Å². The predicted molar refractivity (Wildman–Crippen MR) is 128 cm³/mol. The fraction of sp³-hybridized carbons (Fsp3) is 0.304. The van der Waals surface area contributed by atoms with Gasteiger partial charge in [-0.25, -0.2) is 9.48 Å². The molecule has 1 aromatic heterocycles. The van der Waals surface area contributed by atoms with Crippen LogP contribution in [0.15, 0.2) is 42.5 Å². The minimum atomic E-state index is -1.09. The summed E-state index contributed by atoms with van der Waals surface area (Å²) in [7, 11) is 1.60. The molecule has 0 saturated carbocycles. The smallest absolute Gasteiger partial charge is 0.356 e. The normalized spacial score (nSPS) is 9.73. The van der Waals surface area contributed by atoms with Crippen LogP contribution in [-0.4, -0.2) is 28.0 Å². The van der Waals surface area contributed by atoms with E-state index in [1.54, 1.807) is 11.8 Å². The number of hydrogen-bond acceptors (Lipinski definition) is 3. The number of benzene rings is 2. The van der Waals surface area contributed by atoms with Crippen molar-refractivity contribution in [3.8, 4) is 22.7 Å². The van der Waals surface area contributed by atoms with Crippen LogP contribution >= 0.6 is 27.5 Å². The summed E-state index contributed by atoms with van der Waals surface area (Å²) in [4.78, 5) is 11.7. The number of halogens is 2. The van der Waals surface area contributed by atoms with Crippen LogP contribution in [0.2, 0.25) is 5.02 Å². The van der Waals surface area contributed by atoms with Crippen LogP contribution in [0.5, 0.6) is 5.75 Å². The lowest BCUT2D eigenvalue weighted by molar-refractivity contribution is 0.0689. The van der Waals surface area contributed by atoms with Gasteiger partial charge in [0.05, 0.1) is 23.5 Å². The van der Waals surface area contributed by atoms with Crippen molar-refractivity contribution in [2.75, 3.05) is 7.11 Å². The number of carboxylic acids is 1. The van der Waals surface area contributed by atoms with E-state index in [1.807, 2.05) is 77.1 Å². The molecule has 3 aromatic rings. The third-order valence-electron chi connectivity index (χ3n) is 4.01. The summed E-state index contributed by atoms with van der Waals surface area (Å²) in [5.74, 6) is -0.372. The van der Waals surface area contributed by atoms with Gasteiger partial charge in [0.15, 0.2) is 5.69 Å². The minimum absolute atomic E-state index is 0.00988. The number of nitrogens with zero attached hydrogens (tertiary/aromatic N) is 2. The molecule has 0 atom stereocenters. The summed E-state index contributed by atoms with van der Waals surface area (Å²) in [5.41, 5.74) is 3.70. The van der Waals surface area contributed by atoms with Crippen molar-refractivity contribution in [3.63, 3.8) is 0 Å². The maximum atomic E-state index is 11.7. The number of aryl methyl sites for hydroxylation is 1. The summed E-state index contributed by atoms with van der Waals surface area (Å²) in [6.45, 7) is 9.94. The van der Waals surface area contributed by atoms with Gasteiger partial charge in [-0.3, -0.25) is 0 Å². The molecule has 0 amide bonds. The summed E-state index contributed by atoms with van der Waals surface area (Å²) in [5, 5.41) is 14.8. The number of aromatic carboxylic acids is 1. The molecule has 5 nitrogen and oxygen atoms in total. The molecular weight excluding hydrogens is 468 g/mol. The van der Waals surface area contributed by atoms with Crippen molar-refractivity contribution >= 4 is 33.5 Å². The number of aromatic nitrogens is 2. The monoisotopic (exact) mass is 494 g/mol. The Morgan fingerprint density at radius 1 is 1.13 bits per heavy atom. The van der Waals surface area contributed by atoms with Gasteiger partial charge < -0.3 is 9.84 Å². The Morgan fingerprint density at radius 2 is 1.73 bits per heavy atom. The molecule has 2 aromatic carbocycles. The second-order valence-corrected chi connectivity index (χ2v) is 6.68. The number of hydrogen-bond donors (Lipinski definition) is 1. The first-order chi connectivity index (χ1) is 14.5. The number of carboxylic acid groups (broad SMARTS) is 1. The fourth-order valence-corrected chi connectivity index (χ4v) is 3.60. The molecule has 0 spiro atoms. The highest BCUT2D eigenvalue weighted by Crippen LogP contribution is 2.34. The Labute approximate surface area is 191 Å². The van der Waals surface area contributed by atoms with Gasteiger partial charge in [0.1, 0.15) is 5.75 Å². The highest BCUT2D eigenvalue weighted by Gasteiger charge is 2.24. The maximum Gasteiger partial charge on any atom is 0.356 e. The van der Waals surface area contributed by atoms with Crippen LogP contribution in [0.1, 0.15) is 49.3 Å². The Kier molecular flexibility index (Phi) is 10.6. The molecule has 0 radical (unpaired) electrons. The van der Waals surface area contributed by atoms with Crippen LogP contribution < -0.4 is 4.74 Å². The largest absolute Gasteiger partial charge is 0.497 e. The molecule has 0 bridgehead atoms. The van der Waals surface area contributed by atoms with E-state index >= 15 is 0 Å². The van der Waals surface area contributed by atoms with Gasteiger partial charge in [0, 0.05) is 16.5 Å². The number of carbonyl (C=O) groups is 1. The van der Waals surface area contributed by atoms with Crippen LogP contribution in [0.25, 0.3) is 16.9 Å². The number of rotatable bonds is 5. The molecule has 1 heterocycles. The van der Waals surface area contributed by atoms with E-state index in [0.29, 0.717) is 33.0 Å². The lowest BCUT2D eigenvalue weighted by atomic mass is 10.1. The minimum Gasteiger partial charge on any atom is -0.497 e. The quantitative estimate of drug-likeness (QED) is 0.382. The molecule has 7 heteroatoms. The van der Waals surface area contributed by atoms with E-state index in [4.69, 9.17) is 16.3 Å². The van der Waals surface area contributed by atoms with Gasteiger partial charge >= 0.3 is 5.97 Å². The maximum absolute atomic E-state index is 11.7. The standard InChI is InChI=1S/C19H16BrClN2O3.2C2H6/c1-11-3-8-16(15(21)9-11)23-18(12-4-6-13(26-2)7-5-12)14(10-20)17(22-23)19(24)25;2*1-2/h3-9H,10H2,1-2H3,(H,24,25);2*1-2H3. The lowest BCUT2D eigenvalue weighted by Crippen LogP contribution is -2.03. The number of ether oxygens (including phenoxy) is 1. The van der Waals surface area contributed by atoms with Crippen molar-refractivity contribution in [2.45, 2.75) is 39.9 Å². The van der Waals surface area contributed by atoms with Crippen LogP contribution in [0.4, 0.5) is 0 Å². The molecule has 162 valence electrons. The van der Waals surface area contributed by atoms with Gasteiger partial charge in [-0.2, -0.15) is 5.10 Å². The Balaban J connectivity index is 0.00000106. The average molecular weight is 496 g/mol. The zero-order valence-electron chi connectivity index (χ0n) is 18.2. The molecule has 0 fully saturated rings. The topological polar surface area (TPSA) is 64.3 Å². The highest BCUT2D eigenvalue weighted by molar-refractivity contribution is 9.08. The fourth-order valence-electron chi connectivity index (χ4n) is 2.75. The summed E-state index contributed by atoms with van der Waals surface area (Å²) in [6, 6.07) is 12.9. The third-order valence-corrected chi connectivity index (χ3v) is 4.88. The van der Waals surface area contributed by atoms with Gasteiger partial charge in [-0.15, -0.1) is 0 Å². The summed E-state index contributed by atoms with van der Waals surface area (Å²) in [6.07, 6.45) is 0. The van der Waals surface area contributed by atoms with Crippen molar-refractivity contribution in [1.82, 2.24) is 9.78 Å². The first-order valence-electron chi connectivity index (χ1n) is 9.78. The van der Waals surface area contributed by atoms with Crippen LogP contribution in [0.3, 0.4) is 0 Å². The van der Waals surface area contributed by atoms with Gasteiger partial charge in [0.2, 0.25) is 0 Å². The molecule has 1 N–H and O–H groups in total. The summed E-state index contributed by atoms with van der Waals surface area (Å²) >= 11 is 9.81. The van der Waals surface area contributed by atoms with Crippen molar-refractivity contribution in [3.05, 3.63) is 64.3 Å². The SMILES string of the molecule is CC.CC.COc1ccc(-c2c(CBr)c(C(=O)O)nn2-c2ccc(C)cc2Cl)cc1. The van der Waals surface area contributed by atoms with Crippen molar-refractivity contribution in [2.24, 2.45) is 0 Å². The van der Waals surface area contributed by atoms with Gasteiger partial charge in [-0.1, -0.05) is 61.3 Å². The van der Waals surface area contributed by atoms with E-state index in [2.05, 4.69) is 21.0 Å². The summed E-state index contributed by atoms with van der Waals surface area (Å²) < 4.78 is 6.79. The van der Waals surface area contributed by atoms with E-state index in [0.717, 1.165) is 11.1 Å². The van der Waals surface area contributed by atoms with Crippen LogP contribution in [0, 0.1) is 6.92 Å². The molecule has 30 heavy (non-hydrogen) atoms. The molecule has 0 saturated heterocycles. The van der Waals surface area contributed by atoms with Crippen molar-refractivity contribution in [1.29, 1.82) is 0 Å². The zero-order valence-corrected chi connectivity index (χ0v) is 20.5. The molecular formula is C23H28BrClN2O3. The molecule has 0 aliphatic carbocycles.